The minimum atomic E-state index is -2.37. The summed E-state index contributed by atoms with van der Waals surface area (Å²) in [6.07, 6.45) is -2.37. The first kappa shape index (κ1) is 13.4. The van der Waals surface area contributed by atoms with Gasteiger partial charge in [-0.3, -0.25) is 14.9 Å². The Balaban J connectivity index is 2.49. The largest absolute Gasteiger partial charge is 0.335 e. The third-order valence-corrected chi connectivity index (χ3v) is 3.59. The van der Waals surface area contributed by atoms with E-state index in [1.54, 1.807) is 17.4 Å². The lowest BCUT2D eigenvalue weighted by Crippen LogP contribution is -2.59. The van der Waals surface area contributed by atoms with Gasteiger partial charge < -0.3 is 0 Å². The number of rotatable bonds is 1. The molecule has 5 nitrogen and oxygen atoms in total. The molecule has 0 radical (unpaired) electrons. The molecule has 2 rings (SSSR count). The summed E-state index contributed by atoms with van der Waals surface area (Å²) in [4.78, 5) is 34.8. The quantitative estimate of drug-likeness (QED) is 0.551. The van der Waals surface area contributed by atoms with Gasteiger partial charge in [-0.2, -0.15) is 0 Å². The van der Waals surface area contributed by atoms with Crippen LogP contribution in [0.2, 0.25) is 0 Å². The zero-order valence-corrected chi connectivity index (χ0v) is 12.4. The van der Waals surface area contributed by atoms with Gasteiger partial charge in [0.2, 0.25) is 0 Å². The lowest BCUT2D eigenvalue weighted by molar-refractivity contribution is -0.135. The predicted molar refractivity (Wildman–Crippen MR) is 72.8 cm³/mol. The van der Waals surface area contributed by atoms with Gasteiger partial charge in [-0.25, -0.2) is 14.1 Å². The maximum atomic E-state index is 13.3. The molecule has 1 saturated heterocycles. The Morgan fingerprint density at radius 1 is 1.33 bits per heavy atom. The minimum absolute atomic E-state index is 0.194. The monoisotopic (exact) mass is 426 g/mol. The van der Waals surface area contributed by atoms with Gasteiger partial charge in [-0.1, -0.05) is 0 Å². The summed E-state index contributed by atoms with van der Waals surface area (Å²) < 4.78 is 14.6. The third-order valence-electron chi connectivity index (χ3n) is 2.25. The number of urea groups is 1. The average molecular weight is 427 g/mol. The van der Waals surface area contributed by atoms with Crippen molar-refractivity contribution < 1.29 is 18.8 Å². The molecule has 0 aliphatic carbocycles. The zero-order valence-electron chi connectivity index (χ0n) is 8.62. The number of hydrogen-bond acceptors (Lipinski definition) is 3. The van der Waals surface area contributed by atoms with E-state index in [9.17, 15) is 18.8 Å². The second kappa shape index (κ2) is 4.92. The van der Waals surface area contributed by atoms with E-state index in [1.165, 1.54) is 6.07 Å². The molecule has 1 atom stereocenters. The van der Waals surface area contributed by atoms with E-state index in [2.05, 4.69) is 15.9 Å². The molecule has 1 fully saturated rings. The maximum Gasteiger partial charge on any atom is 0.335 e. The van der Waals surface area contributed by atoms with Gasteiger partial charge in [0.15, 0.2) is 0 Å². The van der Waals surface area contributed by atoms with E-state index in [-0.39, 0.29) is 5.69 Å². The van der Waals surface area contributed by atoms with E-state index < -0.39 is 24.0 Å². The molecule has 1 unspecified atom stereocenters. The molecule has 18 heavy (non-hydrogen) atoms. The molecule has 8 heteroatoms. The molecule has 1 aliphatic rings. The molecular formula is C10H5BrFIN2O3. The summed E-state index contributed by atoms with van der Waals surface area (Å²) in [6, 6.07) is 3.95. The van der Waals surface area contributed by atoms with Gasteiger partial charge in [0.1, 0.15) is 0 Å². The van der Waals surface area contributed by atoms with Crippen molar-refractivity contribution in [3.8, 4) is 0 Å². The van der Waals surface area contributed by atoms with Crippen molar-refractivity contribution in [2.75, 3.05) is 4.90 Å². The van der Waals surface area contributed by atoms with Crippen LogP contribution in [0.5, 0.6) is 0 Å². The summed E-state index contributed by atoms with van der Waals surface area (Å²) >= 11 is 5.16. The summed E-state index contributed by atoms with van der Waals surface area (Å²) in [6.45, 7) is 0. The second-order valence-corrected chi connectivity index (χ2v) is 5.53. The maximum absolute atomic E-state index is 13.3. The van der Waals surface area contributed by atoms with E-state index in [1.807, 2.05) is 22.6 Å². The van der Waals surface area contributed by atoms with Gasteiger partial charge in [-0.15, -0.1) is 0 Å². The SMILES string of the molecule is O=C1NC(=O)N(c2cc(I)ccc2Br)C(=O)C1F. The zero-order chi connectivity index (χ0) is 13.4. The topological polar surface area (TPSA) is 66.5 Å². The molecule has 4 amide bonds. The first-order valence-electron chi connectivity index (χ1n) is 4.69. The average Bonchev–Trinajstić information content (AvgIpc) is 2.31. The Hall–Kier alpha value is -1.03. The number of barbiturate groups is 1. The van der Waals surface area contributed by atoms with Crippen molar-refractivity contribution in [2.45, 2.75) is 6.17 Å². The summed E-state index contributed by atoms with van der Waals surface area (Å²) in [5.41, 5.74) is 0.194. The molecule has 0 aromatic heterocycles. The van der Waals surface area contributed by atoms with Crippen LogP contribution in [0.1, 0.15) is 0 Å². The number of anilines is 1. The van der Waals surface area contributed by atoms with Crippen LogP contribution in [0.25, 0.3) is 0 Å². The number of benzene rings is 1. The number of amides is 4. The number of alkyl halides is 1. The van der Waals surface area contributed by atoms with Crippen molar-refractivity contribution in [1.29, 1.82) is 0 Å². The van der Waals surface area contributed by atoms with Crippen LogP contribution in [0.15, 0.2) is 22.7 Å². The van der Waals surface area contributed by atoms with Crippen LogP contribution in [-0.2, 0) is 9.59 Å². The first-order chi connectivity index (χ1) is 8.41. The molecule has 0 spiro atoms. The highest BCUT2D eigenvalue weighted by Crippen LogP contribution is 2.30. The van der Waals surface area contributed by atoms with E-state index in [0.717, 1.165) is 3.57 Å². The van der Waals surface area contributed by atoms with Crippen LogP contribution < -0.4 is 10.2 Å². The van der Waals surface area contributed by atoms with Crippen molar-refractivity contribution in [2.24, 2.45) is 0 Å². The summed E-state index contributed by atoms with van der Waals surface area (Å²) in [5.74, 6) is -2.42. The Morgan fingerprint density at radius 2 is 2.00 bits per heavy atom. The number of nitrogens with one attached hydrogen (secondary N) is 1. The van der Waals surface area contributed by atoms with Crippen molar-refractivity contribution in [3.05, 3.63) is 26.2 Å². The van der Waals surface area contributed by atoms with Gasteiger partial charge >= 0.3 is 6.03 Å². The summed E-state index contributed by atoms with van der Waals surface area (Å²) in [7, 11) is 0. The van der Waals surface area contributed by atoms with E-state index in [4.69, 9.17) is 0 Å². The molecule has 1 heterocycles. The fourth-order valence-electron chi connectivity index (χ4n) is 1.44. The number of halogens is 3. The normalized spacial score (nSPS) is 20.1. The van der Waals surface area contributed by atoms with Gasteiger partial charge in [0.25, 0.3) is 18.0 Å². The van der Waals surface area contributed by atoms with Crippen LogP contribution in [0.3, 0.4) is 0 Å². The number of carbonyl (C=O) groups excluding carboxylic acids is 3. The fourth-order valence-corrected chi connectivity index (χ4v) is 2.33. The fraction of sp³-hybridized carbons (Fsp3) is 0.100. The predicted octanol–water partition coefficient (Wildman–Crippen LogP) is 1.97. The molecule has 0 saturated carbocycles. The number of nitrogens with zero attached hydrogens (tertiary/aromatic N) is 1. The Morgan fingerprint density at radius 3 is 2.67 bits per heavy atom. The van der Waals surface area contributed by atoms with Crippen LogP contribution >= 0.6 is 38.5 Å². The molecule has 0 bridgehead atoms. The van der Waals surface area contributed by atoms with Crippen LogP contribution in [-0.4, -0.2) is 24.0 Å². The van der Waals surface area contributed by atoms with Gasteiger partial charge in [-0.05, 0) is 56.7 Å². The highest BCUT2D eigenvalue weighted by Gasteiger charge is 2.42. The lowest BCUT2D eigenvalue weighted by atomic mass is 10.2. The molecule has 1 N–H and O–H groups in total. The van der Waals surface area contributed by atoms with Crippen molar-refractivity contribution >= 4 is 62.1 Å². The lowest BCUT2D eigenvalue weighted by Gasteiger charge is -2.27. The number of hydrogen-bond donors (Lipinski definition) is 1. The highest BCUT2D eigenvalue weighted by atomic mass is 127. The molecule has 1 aromatic carbocycles. The van der Waals surface area contributed by atoms with Gasteiger partial charge in [0, 0.05) is 8.04 Å². The summed E-state index contributed by atoms with van der Waals surface area (Å²) in [5, 5.41) is 1.78. The molecule has 94 valence electrons. The number of imide groups is 2. The van der Waals surface area contributed by atoms with Crippen LogP contribution in [0, 0.1) is 3.57 Å². The molecule has 1 aromatic rings. The second-order valence-electron chi connectivity index (χ2n) is 3.43. The minimum Gasteiger partial charge on any atom is -0.274 e. The standard InChI is InChI=1S/C10H5BrFIN2O3/c11-5-2-1-4(13)3-6(5)15-9(17)7(12)8(16)14-10(15)18/h1-3,7H,(H,14,16,18). The molecular weight excluding hydrogens is 422 g/mol. The highest BCUT2D eigenvalue weighted by molar-refractivity contribution is 14.1. The number of carbonyl (C=O) groups is 3. The molecule has 1 aliphatic heterocycles. The Labute approximate surface area is 123 Å². The Kier molecular flexibility index (Phi) is 3.66. The smallest absolute Gasteiger partial charge is 0.274 e. The first-order valence-corrected chi connectivity index (χ1v) is 6.57. The van der Waals surface area contributed by atoms with Gasteiger partial charge in [0.05, 0.1) is 5.69 Å². The Bertz CT molecular complexity index is 566. The van der Waals surface area contributed by atoms with Crippen LogP contribution in [0.4, 0.5) is 14.9 Å². The van der Waals surface area contributed by atoms with Crippen molar-refractivity contribution in [1.82, 2.24) is 5.32 Å². The van der Waals surface area contributed by atoms with Crippen molar-refractivity contribution in [3.63, 3.8) is 0 Å². The third kappa shape index (κ3) is 2.26. The van der Waals surface area contributed by atoms with E-state index >= 15 is 0 Å². The van der Waals surface area contributed by atoms with E-state index in [0.29, 0.717) is 9.37 Å².